The van der Waals surface area contributed by atoms with Gasteiger partial charge in [0.2, 0.25) is 0 Å². The lowest BCUT2D eigenvalue weighted by atomic mass is 9.75. The molecule has 1 aromatic carbocycles. The number of nitrogens with zero attached hydrogens (tertiary/aromatic N) is 2. The minimum absolute atomic E-state index is 0.0396. The number of dihydropyridines is 1. The standard InChI is InChI=1S/C23H21N3O4/c1-13-5-8-17(27)21-20(16-7-6-15(12-25)11-18(16)29-3)19(14(2)26-22(13)21)23(28)30-10-4-9-24/h5-7,11,20,26H,4,8,10H2,1-3H3. The first-order valence-corrected chi connectivity index (χ1v) is 9.47. The van der Waals surface area contributed by atoms with Gasteiger partial charge in [-0.3, -0.25) is 4.79 Å². The highest BCUT2D eigenvalue weighted by Gasteiger charge is 2.40. The Kier molecular flexibility index (Phi) is 6.03. The van der Waals surface area contributed by atoms with Crippen molar-refractivity contribution in [1.82, 2.24) is 5.32 Å². The van der Waals surface area contributed by atoms with Crippen LogP contribution in [-0.4, -0.2) is 25.5 Å². The molecule has 152 valence electrons. The predicted octanol–water partition coefficient (Wildman–Crippen LogP) is 3.16. The number of nitrogens with one attached hydrogen (secondary N) is 1. The number of carbonyl (C=O) groups excluding carboxylic acids is 2. The van der Waals surface area contributed by atoms with Gasteiger partial charge in [0.15, 0.2) is 5.78 Å². The van der Waals surface area contributed by atoms with Crippen molar-refractivity contribution in [1.29, 1.82) is 10.5 Å². The second-order valence-electron chi connectivity index (χ2n) is 7.01. The van der Waals surface area contributed by atoms with Gasteiger partial charge in [-0.25, -0.2) is 4.79 Å². The highest BCUT2D eigenvalue weighted by Crippen LogP contribution is 2.45. The van der Waals surface area contributed by atoms with E-state index in [4.69, 9.17) is 14.7 Å². The third-order valence-electron chi connectivity index (χ3n) is 5.19. The molecule has 7 nitrogen and oxygen atoms in total. The molecule has 0 saturated carbocycles. The average molecular weight is 403 g/mol. The number of Topliss-reactive ketones (excluding diaryl/α,β-unsaturated/α-hetero) is 1. The Morgan fingerprint density at radius 2 is 2.07 bits per heavy atom. The summed E-state index contributed by atoms with van der Waals surface area (Å²) >= 11 is 0. The zero-order valence-electron chi connectivity index (χ0n) is 17.0. The molecule has 0 radical (unpaired) electrons. The van der Waals surface area contributed by atoms with E-state index in [0.717, 1.165) is 5.57 Å². The number of allylic oxidation sites excluding steroid dienone is 4. The van der Waals surface area contributed by atoms with E-state index >= 15 is 0 Å². The van der Waals surface area contributed by atoms with E-state index in [-0.39, 0.29) is 30.8 Å². The molecule has 2 aliphatic rings. The summed E-state index contributed by atoms with van der Waals surface area (Å²) in [6.07, 6.45) is 2.16. The van der Waals surface area contributed by atoms with Crippen molar-refractivity contribution >= 4 is 11.8 Å². The van der Waals surface area contributed by atoms with Crippen LogP contribution in [0.1, 0.15) is 43.7 Å². The van der Waals surface area contributed by atoms with Crippen LogP contribution in [0.15, 0.2) is 52.4 Å². The minimum atomic E-state index is -0.713. The van der Waals surface area contributed by atoms with Gasteiger partial charge in [-0.1, -0.05) is 12.1 Å². The number of benzene rings is 1. The van der Waals surface area contributed by atoms with E-state index in [1.807, 2.05) is 19.1 Å². The van der Waals surface area contributed by atoms with Crippen LogP contribution < -0.4 is 10.1 Å². The van der Waals surface area contributed by atoms with Crippen molar-refractivity contribution in [3.8, 4) is 17.9 Å². The Labute approximate surface area is 174 Å². The molecule has 0 bridgehead atoms. The number of esters is 1. The molecule has 0 aromatic heterocycles. The molecule has 1 atom stereocenters. The number of ketones is 1. The molecule has 1 unspecified atom stereocenters. The first kappa shape index (κ1) is 20.9. The number of methoxy groups -OCH3 is 1. The molecule has 1 N–H and O–H groups in total. The summed E-state index contributed by atoms with van der Waals surface area (Å²) in [6, 6.07) is 8.92. The van der Waals surface area contributed by atoms with Crippen molar-refractivity contribution in [2.24, 2.45) is 0 Å². The molecular formula is C23H21N3O4. The highest BCUT2D eigenvalue weighted by molar-refractivity contribution is 6.05. The highest BCUT2D eigenvalue weighted by atomic mass is 16.5. The number of nitriles is 2. The van der Waals surface area contributed by atoms with Crippen LogP contribution in [-0.2, 0) is 14.3 Å². The molecule has 1 aliphatic carbocycles. The molecule has 1 aliphatic heterocycles. The summed E-state index contributed by atoms with van der Waals surface area (Å²) < 4.78 is 10.8. The quantitative estimate of drug-likeness (QED) is 0.593. The van der Waals surface area contributed by atoms with Crippen molar-refractivity contribution in [3.05, 3.63) is 63.5 Å². The number of hydrogen-bond donors (Lipinski definition) is 1. The molecule has 1 aromatic rings. The lowest BCUT2D eigenvalue weighted by Crippen LogP contribution is -2.34. The molecule has 0 saturated heterocycles. The van der Waals surface area contributed by atoms with Gasteiger partial charge >= 0.3 is 5.97 Å². The third-order valence-corrected chi connectivity index (χ3v) is 5.19. The van der Waals surface area contributed by atoms with E-state index in [1.165, 1.54) is 7.11 Å². The fourth-order valence-corrected chi connectivity index (χ4v) is 3.76. The summed E-state index contributed by atoms with van der Waals surface area (Å²) in [5.41, 5.74) is 3.92. The Hall–Kier alpha value is -3.84. The van der Waals surface area contributed by atoms with Crippen LogP contribution in [0.25, 0.3) is 0 Å². The minimum Gasteiger partial charge on any atom is -0.496 e. The largest absolute Gasteiger partial charge is 0.496 e. The Morgan fingerprint density at radius 1 is 1.30 bits per heavy atom. The van der Waals surface area contributed by atoms with Crippen molar-refractivity contribution in [2.45, 2.75) is 32.6 Å². The van der Waals surface area contributed by atoms with Crippen LogP contribution in [0, 0.1) is 22.7 Å². The molecule has 0 spiro atoms. The zero-order chi connectivity index (χ0) is 21.8. The fourth-order valence-electron chi connectivity index (χ4n) is 3.76. The summed E-state index contributed by atoms with van der Waals surface area (Å²) in [4.78, 5) is 25.9. The van der Waals surface area contributed by atoms with Gasteiger partial charge in [0.05, 0.1) is 42.7 Å². The van der Waals surface area contributed by atoms with Gasteiger partial charge < -0.3 is 14.8 Å². The fraction of sp³-hybridized carbons (Fsp3) is 0.304. The van der Waals surface area contributed by atoms with Crippen molar-refractivity contribution < 1.29 is 19.1 Å². The van der Waals surface area contributed by atoms with Crippen LogP contribution in [0.2, 0.25) is 0 Å². The maximum absolute atomic E-state index is 13.0. The molecule has 3 rings (SSSR count). The second kappa shape index (κ2) is 8.67. The van der Waals surface area contributed by atoms with E-state index in [2.05, 4.69) is 11.4 Å². The van der Waals surface area contributed by atoms with Gasteiger partial charge in [0.1, 0.15) is 12.4 Å². The van der Waals surface area contributed by atoms with Gasteiger partial charge in [-0.05, 0) is 31.6 Å². The van der Waals surface area contributed by atoms with Crippen LogP contribution in [0.4, 0.5) is 0 Å². The summed E-state index contributed by atoms with van der Waals surface area (Å²) in [5.74, 6) is -1.01. The lowest BCUT2D eigenvalue weighted by molar-refractivity contribution is -0.139. The maximum Gasteiger partial charge on any atom is 0.336 e. The third kappa shape index (κ3) is 3.70. The Bertz CT molecular complexity index is 1100. The average Bonchev–Trinajstić information content (AvgIpc) is 2.75. The predicted molar refractivity (Wildman–Crippen MR) is 108 cm³/mol. The zero-order valence-corrected chi connectivity index (χ0v) is 17.0. The second-order valence-corrected chi connectivity index (χ2v) is 7.01. The van der Waals surface area contributed by atoms with Crippen LogP contribution in [0.5, 0.6) is 5.75 Å². The molecule has 7 heteroatoms. The monoisotopic (exact) mass is 403 g/mol. The SMILES string of the molecule is COc1cc(C#N)ccc1C1C(C(=O)OCCC#N)=C(C)NC2=C1C(=O)CC=C2C. The Morgan fingerprint density at radius 3 is 2.73 bits per heavy atom. The van der Waals surface area contributed by atoms with Gasteiger partial charge in [0, 0.05) is 29.0 Å². The summed E-state index contributed by atoms with van der Waals surface area (Å²) in [5, 5.41) is 21.2. The molecular weight excluding hydrogens is 382 g/mol. The first-order valence-electron chi connectivity index (χ1n) is 9.47. The summed E-state index contributed by atoms with van der Waals surface area (Å²) in [6.45, 7) is 3.62. The Balaban J connectivity index is 2.21. The molecule has 1 heterocycles. The first-order chi connectivity index (χ1) is 14.4. The maximum atomic E-state index is 13.0. The van der Waals surface area contributed by atoms with Crippen LogP contribution >= 0.6 is 0 Å². The smallest absolute Gasteiger partial charge is 0.336 e. The van der Waals surface area contributed by atoms with Crippen molar-refractivity contribution in [2.75, 3.05) is 13.7 Å². The lowest BCUT2D eigenvalue weighted by Gasteiger charge is -2.34. The van der Waals surface area contributed by atoms with E-state index in [0.29, 0.717) is 33.8 Å². The van der Waals surface area contributed by atoms with E-state index < -0.39 is 11.9 Å². The number of ether oxygens (including phenoxy) is 2. The van der Waals surface area contributed by atoms with Gasteiger partial charge in [-0.15, -0.1) is 0 Å². The molecule has 0 amide bonds. The van der Waals surface area contributed by atoms with Crippen LogP contribution in [0.3, 0.4) is 0 Å². The van der Waals surface area contributed by atoms with Gasteiger partial charge in [-0.2, -0.15) is 10.5 Å². The van der Waals surface area contributed by atoms with Gasteiger partial charge in [0.25, 0.3) is 0 Å². The normalized spacial score (nSPS) is 18.0. The number of hydrogen-bond acceptors (Lipinski definition) is 7. The topological polar surface area (TPSA) is 112 Å². The summed E-state index contributed by atoms with van der Waals surface area (Å²) in [7, 11) is 1.48. The molecule has 0 fully saturated rings. The number of carbonyl (C=O) groups is 2. The van der Waals surface area contributed by atoms with E-state index in [1.54, 1.807) is 25.1 Å². The van der Waals surface area contributed by atoms with E-state index in [9.17, 15) is 14.9 Å². The van der Waals surface area contributed by atoms with Crippen molar-refractivity contribution in [3.63, 3.8) is 0 Å². The number of rotatable bonds is 5. The molecule has 30 heavy (non-hydrogen) atoms.